The van der Waals surface area contributed by atoms with E-state index in [9.17, 15) is 5.11 Å². The molecule has 0 radical (unpaired) electrons. The average Bonchev–Trinajstić information content (AvgIpc) is 3.08. The van der Waals surface area contributed by atoms with Crippen molar-refractivity contribution in [2.75, 3.05) is 0 Å². The minimum atomic E-state index is -1.04. The second kappa shape index (κ2) is 4.57. The first-order valence-electron chi connectivity index (χ1n) is 6.01. The van der Waals surface area contributed by atoms with Gasteiger partial charge >= 0.3 is 0 Å². The quantitative estimate of drug-likeness (QED) is 0.762. The Labute approximate surface area is 114 Å². The van der Waals surface area contributed by atoms with E-state index >= 15 is 0 Å². The van der Waals surface area contributed by atoms with Crippen LogP contribution in [0.2, 0.25) is 0 Å². The number of aliphatic hydroxyl groups is 1. The first-order valence-corrected chi connectivity index (χ1v) is 6.01. The lowest BCUT2D eigenvalue weighted by Crippen LogP contribution is -2.15. The largest absolute Gasteiger partial charge is 0.459 e. The number of nitrogens with zero attached hydrogens (tertiary/aromatic N) is 5. The zero-order valence-corrected chi connectivity index (χ0v) is 11.0. The van der Waals surface area contributed by atoms with Crippen molar-refractivity contribution in [3.8, 4) is 11.7 Å². The van der Waals surface area contributed by atoms with Crippen LogP contribution in [0, 0.1) is 0 Å². The van der Waals surface area contributed by atoms with Gasteiger partial charge < -0.3 is 13.9 Å². The predicted octanol–water partition coefficient (Wildman–Crippen LogP) is 1.20. The van der Waals surface area contributed by atoms with Crippen molar-refractivity contribution in [2.45, 2.75) is 26.0 Å². The van der Waals surface area contributed by atoms with Crippen LogP contribution in [0.4, 0.5) is 0 Å². The van der Waals surface area contributed by atoms with Crippen molar-refractivity contribution in [1.29, 1.82) is 0 Å². The molecule has 3 rings (SSSR count). The van der Waals surface area contributed by atoms with E-state index in [2.05, 4.69) is 20.5 Å². The van der Waals surface area contributed by atoms with Crippen molar-refractivity contribution >= 4 is 0 Å². The summed E-state index contributed by atoms with van der Waals surface area (Å²) in [6, 6.07) is 3.48. The topological polar surface area (TPSA) is 103 Å². The summed E-state index contributed by atoms with van der Waals surface area (Å²) in [5.41, 5.74) is -0.560. The summed E-state index contributed by atoms with van der Waals surface area (Å²) in [5, 5.41) is 25.4. The van der Waals surface area contributed by atoms with Crippen LogP contribution in [0.15, 0.2) is 33.4 Å². The normalized spacial score (nSPS) is 11.9. The molecule has 0 spiro atoms. The molecule has 3 heterocycles. The zero-order chi connectivity index (χ0) is 14.2. The first kappa shape index (κ1) is 12.5. The maximum absolute atomic E-state index is 9.82. The molecule has 1 N–H and O–H groups in total. The van der Waals surface area contributed by atoms with Gasteiger partial charge in [-0.3, -0.25) is 0 Å². The van der Waals surface area contributed by atoms with E-state index in [4.69, 9.17) is 8.83 Å². The van der Waals surface area contributed by atoms with E-state index in [-0.39, 0.29) is 6.54 Å². The van der Waals surface area contributed by atoms with Crippen LogP contribution in [-0.2, 0) is 12.1 Å². The fourth-order valence-corrected chi connectivity index (χ4v) is 1.61. The Morgan fingerprint density at radius 1 is 1.30 bits per heavy atom. The third kappa shape index (κ3) is 2.45. The molecule has 0 aliphatic rings. The lowest BCUT2D eigenvalue weighted by Gasteiger charge is -2.11. The van der Waals surface area contributed by atoms with Crippen molar-refractivity contribution in [1.82, 2.24) is 25.2 Å². The highest BCUT2D eigenvalue weighted by molar-refractivity contribution is 5.42. The standard InChI is InChI=1S/C12H13N5O3/c1-12(2,18)9-6-17(16-13-9)7-10-14-15-11(20-10)8-4-3-5-19-8/h3-6,18H,7H2,1-2H3. The van der Waals surface area contributed by atoms with Crippen molar-refractivity contribution in [3.63, 3.8) is 0 Å². The summed E-state index contributed by atoms with van der Waals surface area (Å²) >= 11 is 0. The Bertz CT molecular complexity index is 693. The van der Waals surface area contributed by atoms with E-state index in [0.29, 0.717) is 23.2 Å². The molecule has 104 valence electrons. The van der Waals surface area contributed by atoms with Crippen LogP contribution >= 0.6 is 0 Å². The molecule has 0 aliphatic heterocycles. The number of furan rings is 1. The molecule has 0 aromatic carbocycles. The number of rotatable bonds is 4. The second-order valence-corrected chi connectivity index (χ2v) is 4.84. The van der Waals surface area contributed by atoms with Gasteiger partial charge in [0.15, 0.2) is 5.76 Å². The summed E-state index contributed by atoms with van der Waals surface area (Å²) in [7, 11) is 0. The van der Waals surface area contributed by atoms with Crippen molar-refractivity contribution < 1.29 is 13.9 Å². The van der Waals surface area contributed by atoms with Gasteiger partial charge in [-0.1, -0.05) is 5.21 Å². The third-order valence-corrected chi connectivity index (χ3v) is 2.66. The van der Waals surface area contributed by atoms with Gasteiger partial charge in [-0.15, -0.1) is 15.3 Å². The summed E-state index contributed by atoms with van der Waals surface area (Å²) in [6.07, 6.45) is 3.17. The molecular formula is C12H13N5O3. The van der Waals surface area contributed by atoms with Crippen molar-refractivity contribution in [2.24, 2.45) is 0 Å². The molecule has 0 atom stereocenters. The maximum atomic E-state index is 9.82. The molecule has 0 amide bonds. The van der Waals surface area contributed by atoms with Gasteiger partial charge in [0.25, 0.3) is 5.89 Å². The zero-order valence-electron chi connectivity index (χ0n) is 11.0. The Morgan fingerprint density at radius 3 is 2.80 bits per heavy atom. The first-order chi connectivity index (χ1) is 9.52. The molecule has 0 unspecified atom stereocenters. The summed E-state index contributed by atoms with van der Waals surface area (Å²) in [5.74, 6) is 1.20. The predicted molar refractivity (Wildman–Crippen MR) is 66.4 cm³/mol. The van der Waals surface area contributed by atoms with Crippen LogP contribution in [0.1, 0.15) is 25.4 Å². The molecular weight excluding hydrogens is 262 g/mol. The fourth-order valence-electron chi connectivity index (χ4n) is 1.61. The van der Waals surface area contributed by atoms with Crippen LogP contribution < -0.4 is 0 Å². The van der Waals surface area contributed by atoms with Crippen LogP contribution in [0.3, 0.4) is 0 Å². The van der Waals surface area contributed by atoms with E-state index in [1.807, 2.05) is 0 Å². The molecule has 8 nitrogen and oxygen atoms in total. The molecule has 8 heteroatoms. The number of hydrogen-bond donors (Lipinski definition) is 1. The number of aromatic nitrogens is 5. The van der Waals surface area contributed by atoms with Crippen LogP contribution in [-0.4, -0.2) is 30.3 Å². The van der Waals surface area contributed by atoms with Crippen LogP contribution in [0.25, 0.3) is 11.7 Å². The molecule has 3 aromatic rings. The van der Waals surface area contributed by atoms with Gasteiger partial charge in [0.1, 0.15) is 17.8 Å². The summed E-state index contributed by atoms with van der Waals surface area (Å²) in [4.78, 5) is 0. The van der Waals surface area contributed by atoms with Gasteiger partial charge in [0.05, 0.1) is 12.5 Å². The Hall–Kier alpha value is -2.48. The van der Waals surface area contributed by atoms with Crippen molar-refractivity contribution in [3.05, 3.63) is 36.2 Å². The Morgan fingerprint density at radius 2 is 2.15 bits per heavy atom. The highest BCUT2D eigenvalue weighted by Gasteiger charge is 2.20. The Balaban J connectivity index is 1.77. The summed E-state index contributed by atoms with van der Waals surface area (Å²) in [6.45, 7) is 3.56. The lowest BCUT2D eigenvalue weighted by atomic mass is 10.1. The highest BCUT2D eigenvalue weighted by atomic mass is 16.4. The Kier molecular flexibility index (Phi) is 2.87. The van der Waals surface area contributed by atoms with Gasteiger partial charge in [-0.05, 0) is 26.0 Å². The molecule has 0 bridgehead atoms. The lowest BCUT2D eigenvalue weighted by molar-refractivity contribution is 0.0737. The third-order valence-electron chi connectivity index (χ3n) is 2.66. The molecule has 0 saturated carbocycles. The minimum absolute atomic E-state index is 0.275. The smallest absolute Gasteiger partial charge is 0.283 e. The van der Waals surface area contributed by atoms with Gasteiger partial charge in [-0.25, -0.2) is 4.68 Å². The number of hydrogen-bond acceptors (Lipinski definition) is 7. The maximum Gasteiger partial charge on any atom is 0.283 e. The fraction of sp³-hybridized carbons (Fsp3) is 0.333. The van der Waals surface area contributed by atoms with Gasteiger partial charge in [0.2, 0.25) is 5.89 Å². The van der Waals surface area contributed by atoms with Gasteiger partial charge in [-0.2, -0.15) is 0 Å². The summed E-state index contributed by atoms with van der Waals surface area (Å²) < 4.78 is 12.1. The SMILES string of the molecule is CC(C)(O)c1cn(Cc2nnc(-c3ccco3)o2)nn1. The average molecular weight is 275 g/mol. The highest BCUT2D eigenvalue weighted by Crippen LogP contribution is 2.19. The second-order valence-electron chi connectivity index (χ2n) is 4.84. The van der Waals surface area contributed by atoms with E-state index in [1.54, 1.807) is 32.2 Å². The van der Waals surface area contributed by atoms with Crippen LogP contribution in [0.5, 0.6) is 0 Å². The molecule has 20 heavy (non-hydrogen) atoms. The van der Waals surface area contributed by atoms with E-state index < -0.39 is 5.60 Å². The monoisotopic (exact) mass is 275 g/mol. The van der Waals surface area contributed by atoms with E-state index in [0.717, 1.165) is 0 Å². The molecule has 0 aliphatic carbocycles. The molecule has 3 aromatic heterocycles. The molecule has 0 fully saturated rings. The minimum Gasteiger partial charge on any atom is -0.459 e. The van der Waals surface area contributed by atoms with Gasteiger partial charge in [0, 0.05) is 0 Å². The van der Waals surface area contributed by atoms with E-state index in [1.165, 1.54) is 10.9 Å². The molecule has 0 saturated heterocycles.